The summed E-state index contributed by atoms with van der Waals surface area (Å²) in [6.45, 7) is 0.675. The Morgan fingerprint density at radius 2 is 2.30 bits per heavy atom. The van der Waals surface area contributed by atoms with Gasteiger partial charge in [-0.15, -0.1) is 0 Å². The molecule has 5 heteroatoms. The molecule has 1 aromatic rings. The van der Waals surface area contributed by atoms with Crippen molar-refractivity contribution in [1.82, 2.24) is 0 Å². The van der Waals surface area contributed by atoms with Crippen molar-refractivity contribution in [2.75, 3.05) is 11.9 Å². The van der Waals surface area contributed by atoms with Crippen LogP contribution in [0.4, 0.5) is 11.4 Å². The predicted molar refractivity (Wildman–Crippen MR) is 88.1 cm³/mol. The Balaban J connectivity index is 1.83. The zero-order valence-corrected chi connectivity index (χ0v) is 12.7. The molecule has 0 radical (unpaired) electrons. The first-order valence-electron chi connectivity index (χ1n) is 6.82. The number of nitrogens with two attached hydrogens (primary N) is 1. The number of nitrogens with zero attached hydrogens (tertiary/aromatic N) is 2. The Morgan fingerprint density at radius 3 is 3.00 bits per heavy atom. The van der Waals surface area contributed by atoms with Gasteiger partial charge >= 0.3 is 0 Å². The second-order valence-electron chi connectivity index (χ2n) is 5.06. The minimum absolute atomic E-state index is 0.475. The van der Waals surface area contributed by atoms with Gasteiger partial charge in [-0.2, -0.15) is 0 Å². The first-order valence-corrected chi connectivity index (χ1v) is 7.62. The summed E-state index contributed by atoms with van der Waals surface area (Å²) in [6, 6.07) is 6.50. The summed E-state index contributed by atoms with van der Waals surface area (Å²) in [4.78, 5) is 9.24. The average molecular weight is 333 g/mol. The van der Waals surface area contributed by atoms with E-state index in [0.29, 0.717) is 12.6 Å². The van der Waals surface area contributed by atoms with E-state index in [1.807, 2.05) is 24.4 Å². The van der Waals surface area contributed by atoms with Gasteiger partial charge in [0, 0.05) is 28.5 Å². The van der Waals surface area contributed by atoms with E-state index in [1.54, 1.807) is 6.20 Å². The second kappa shape index (κ2) is 5.79. The van der Waals surface area contributed by atoms with Crippen LogP contribution in [0.1, 0.15) is 19.3 Å². The largest absolute Gasteiger partial charge is 0.404 e. The van der Waals surface area contributed by atoms with Gasteiger partial charge in [-0.05, 0) is 37.5 Å². The van der Waals surface area contributed by atoms with Gasteiger partial charge in [0.2, 0.25) is 0 Å². The summed E-state index contributed by atoms with van der Waals surface area (Å²) in [6.07, 6.45) is 7.12. The molecule has 0 aromatic heterocycles. The van der Waals surface area contributed by atoms with Crippen molar-refractivity contribution in [2.45, 2.75) is 25.3 Å². The van der Waals surface area contributed by atoms with Crippen LogP contribution >= 0.6 is 15.9 Å². The number of hydrogen-bond acceptors (Lipinski definition) is 4. The van der Waals surface area contributed by atoms with Crippen molar-refractivity contribution in [1.29, 1.82) is 0 Å². The number of hydrogen-bond donors (Lipinski definition) is 2. The molecule has 0 bridgehead atoms. The molecule has 1 fully saturated rings. The highest BCUT2D eigenvalue weighted by atomic mass is 79.9. The third-order valence-electron chi connectivity index (χ3n) is 3.67. The molecule has 3 rings (SSSR count). The zero-order chi connectivity index (χ0) is 13.9. The molecule has 0 spiro atoms. The van der Waals surface area contributed by atoms with E-state index in [4.69, 9.17) is 5.73 Å². The molecule has 20 heavy (non-hydrogen) atoms. The van der Waals surface area contributed by atoms with Crippen molar-refractivity contribution < 1.29 is 0 Å². The molecule has 0 saturated heterocycles. The first kappa shape index (κ1) is 13.4. The summed E-state index contributed by atoms with van der Waals surface area (Å²) in [5, 5.41) is 3.36. The molecule has 0 amide bonds. The van der Waals surface area contributed by atoms with Crippen LogP contribution in [0.3, 0.4) is 0 Å². The quantitative estimate of drug-likeness (QED) is 0.833. The molecular formula is C15H17BrN4. The molecule has 4 nitrogen and oxygen atoms in total. The van der Waals surface area contributed by atoms with Crippen LogP contribution in [-0.2, 0) is 0 Å². The SMILES string of the molecule is NC=C(C=NC1CCC1)C1=Nc2cc(Br)ccc2NC1. The zero-order valence-electron chi connectivity index (χ0n) is 11.1. The molecule has 1 aliphatic heterocycles. The molecule has 1 aromatic carbocycles. The fourth-order valence-corrected chi connectivity index (χ4v) is 2.56. The maximum absolute atomic E-state index is 5.73. The summed E-state index contributed by atoms with van der Waals surface area (Å²) >= 11 is 3.47. The minimum Gasteiger partial charge on any atom is -0.404 e. The maximum Gasteiger partial charge on any atom is 0.0876 e. The van der Waals surface area contributed by atoms with E-state index in [9.17, 15) is 0 Å². The van der Waals surface area contributed by atoms with Gasteiger partial charge in [0.1, 0.15) is 0 Å². The van der Waals surface area contributed by atoms with E-state index in [2.05, 4.69) is 31.2 Å². The summed E-state index contributed by atoms with van der Waals surface area (Å²) in [5.74, 6) is 0. The number of aliphatic imine (C=N–C) groups is 2. The Labute approximate surface area is 127 Å². The maximum atomic E-state index is 5.73. The number of fused-ring (bicyclic) bond motifs is 1. The highest BCUT2D eigenvalue weighted by Gasteiger charge is 2.17. The lowest BCUT2D eigenvalue weighted by Gasteiger charge is -2.21. The van der Waals surface area contributed by atoms with Gasteiger partial charge in [0.05, 0.1) is 23.6 Å². The van der Waals surface area contributed by atoms with Crippen LogP contribution in [0, 0.1) is 0 Å². The van der Waals surface area contributed by atoms with E-state index >= 15 is 0 Å². The molecule has 3 N–H and O–H groups in total. The molecular weight excluding hydrogens is 316 g/mol. The second-order valence-corrected chi connectivity index (χ2v) is 5.97. The van der Waals surface area contributed by atoms with E-state index in [1.165, 1.54) is 19.3 Å². The highest BCUT2D eigenvalue weighted by molar-refractivity contribution is 9.10. The monoisotopic (exact) mass is 332 g/mol. The number of rotatable bonds is 3. The lowest BCUT2D eigenvalue weighted by molar-refractivity contribution is 0.421. The molecule has 2 aliphatic rings. The lowest BCUT2D eigenvalue weighted by Crippen LogP contribution is -2.22. The Kier molecular flexibility index (Phi) is 3.87. The van der Waals surface area contributed by atoms with Gasteiger partial charge in [-0.1, -0.05) is 15.9 Å². The molecule has 1 heterocycles. The fourth-order valence-electron chi connectivity index (χ4n) is 2.21. The van der Waals surface area contributed by atoms with Crippen LogP contribution in [0.25, 0.3) is 0 Å². The number of halogens is 1. The Morgan fingerprint density at radius 1 is 1.45 bits per heavy atom. The predicted octanol–water partition coefficient (Wildman–Crippen LogP) is 3.41. The van der Waals surface area contributed by atoms with E-state index in [-0.39, 0.29) is 0 Å². The number of nitrogens with one attached hydrogen (secondary N) is 1. The normalized spacial score (nSPS) is 19.2. The van der Waals surface area contributed by atoms with Gasteiger partial charge in [0.15, 0.2) is 0 Å². The molecule has 1 saturated carbocycles. The van der Waals surface area contributed by atoms with Crippen molar-refractivity contribution in [2.24, 2.45) is 15.7 Å². The van der Waals surface area contributed by atoms with Gasteiger partial charge < -0.3 is 11.1 Å². The van der Waals surface area contributed by atoms with E-state index in [0.717, 1.165) is 27.1 Å². The van der Waals surface area contributed by atoms with E-state index < -0.39 is 0 Å². The smallest absolute Gasteiger partial charge is 0.0876 e. The van der Waals surface area contributed by atoms with Crippen LogP contribution < -0.4 is 11.1 Å². The molecule has 0 atom stereocenters. The van der Waals surface area contributed by atoms with Crippen molar-refractivity contribution in [3.63, 3.8) is 0 Å². The first-order chi connectivity index (χ1) is 9.76. The van der Waals surface area contributed by atoms with Gasteiger partial charge in [0.25, 0.3) is 0 Å². The number of benzene rings is 1. The standard InChI is InChI=1S/C15H17BrN4/c16-11-4-5-13-14(6-11)20-15(9-19-13)10(7-17)8-18-12-2-1-3-12/h4-8,12,19H,1-3,9,17H2. The molecule has 104 valence electrons. The third kappa shape index (κ3) is 2.77. The molecule has 1 aliphatic carbocycles. The van der Waals surface area contributed by atoms with Gasteiger partial charge in [-0.3, -0.25) is 4.99 Å². The van der Waals surface area contributed by atoms with Crippen LogP contribution in [0.5, 0.6) is 0 Å². The lowest BCUT2D eigenvalue weighted by atomic mass is 9.94. The summed E-state index contributed by atoms with van der Waals surface area (Å²) in [7, 11) is 0. The van der Waals surface area contributed by atoms with Crippen LogP contribution in [0.15, 0.2) is 44.4 Å². The Hall–Kier alpha value is -1.62. The minimum atomic E-state index is 0.475. The van der Waals surface area contributed by atoms with Crippen molar-refractivity contribution in [3.8, 4) is 0 Å². The third-order valence-corrected chi connectivity index (χ3v) is 4.17. The van der Waals surface area contributed by atoms with Gasteiger partial charge in [-0.25, -0.2) is 4.99 Å². The van der Waals surface area contributed by atoms with Crippen molar-refractivity contribution >= 4 is 39.2 Å². The highest BCUT2D eigenvalue weighted by Crippen LogP contribution is 2.31. The topological polar surface area (TPSA) is 62.8 Å². The number of anilines is 1. The average Bonchev–Trinajstić information content (AvgIpc) is 2.41. The van der Waals surface area contributed by atoms with Crippen molar-refractivity contribution in [3.05, 3.63) is 34.4 Å². The molecule has 0 unspecified atom stereocenters. The summed E-state index contributed by atoms with van der Waals surface area (Å²) in [5.41, 5.74) is 9.53. The Bertz CT molecular complexity index is 600. The fraction of sp³-hybridized carbons (Fsp3) is 0.333. The van der Waals surface area contributed by atoms with Crippen LogP contribution in [-0.4, -0.2) is 24.5 Å². The van der Waals surface area contributed by atoms with Crippen LogP contribution in [0.2, 0.25) is 0 Å². The summed E-state index contributed by atoms with van der Waals surface area (Å²) < 4.78 is 1.02.